The lowest BCUT2D eigenvalue weighted by atomic mass is 10.2. The lowest BCUT2D eigenvalue weighted by molar-refractivity contribution is 0.301. The smallest absolute Gasteiger partial charge is 0.124 e. The summed E-state index contributed by atoms with van der Waals surface area (Å²) in [4.78, 5) is 4.10. The lowest BCUT2D eigenvalue weighted by Crippen LogP contribution is -2.19. The summed E-state index contributed by atoms with van der Waals surface area (Å²) in [5, 5.41) is 3.45. The molecule has 4 heteroatoms. The van der Waals surface area contributed by atoms with Crippen molar-refractivity contribution < 1.29 is 4.74 Å². The average Bonchev–Trinajstić information content (AvgIpc) is 2.47. The van der Waals surface area contributed by atoms with Gasteiger partial charge < -0.3 is 10.1 Å². The zero-order chi connectivity index (χ0) is 15.1. The zero-order valence-electron chi connectivity index (χ0n) is 12.5. The summed E-state index contributed by atoms with van der Waals surface area (Å²) in [6, 6.07) is 10.1. The van der Waals surface area contributed by atoms with Gasteiger partial charge in [-0.25, -0.2) is 0 Å². The fourth-order valence-electron chi connectivity index (χ4n) is 1.97. The van der Waals surface area contributed by atoms with Crippen LogP contribution in [0.25, 0.3) is 0 Å². The van der Waals surface area contributed by atoms with E-state index in [1.54, 1.807) is 6.20 Å². The second kappa shape index (κ2) is 8.15. The van der Waals surface area contributed by atoms with Crippen LogP contribution in [-0.2, 0) is 13.2 Å². The molecule has 0 aliphatic rings. The van der Waals surface area contributed by atoms with Crippen molar-refractivity contribution in [2.24, 2.45) is 5.92 Å². The Hall–Kier alpha value is -1.39. The van der Waals surface area contributed by atoms with Gasteiger partial charge in [-0.05, 0) is 36.7 Å². The quantitative estimate of drug-likeness (QED) is 0.815. The molecule has 0 saturated heterocycles. The molecular formula is C17H21BrN2O. The van der Waals surface area contributed by atoms with Crippen molar-refractivity contribution in [1.82, 2.24) is 10.3 Å². The van der Waals surface area contributed by atoms with E-state index in [2.05, 4.69) is 46.1 Å². The van der Waals surface area contributed by atoms with Crippen molar-refractivity contribution in [3.05, 3.63) is 58.3 Å². The first-order chi connectivity index (χ1) is 10.1. The molecular weight excluding hydrogens is 328 g/mol. The number of aromatic nitrogens is 1. The third-order valence-corrected chi connectivity index (χ3v) is 3.50. The van der Waals surface area contributed by atoms with Gasteiger partial charge >= 0.3 is 0 Å². The summed E-state index contributed by atoms with van der Waals surface area (Å²) >= 11 is 3.52. The largest absolute Gasteiger partial charge is 0.489 e. The van der Waals surface area contributed by atoms with Crippen molar-refractivity contribution in [3.63, 3.8) is 0 Å². The molecule has 2 rings (SSSR count). The first kappa shape index (κ1) is 16.0. The van der Waals surface area contributed by atoms with E-state index in [4.69, 9.17) is 4.74 Å². The SMILES string of the molecule is CC(C)CNCc1cc(Br)ccc1OCc1cccnc1. The topological polar surface area (TPSA) is 34.1 Å². The fraction of sp³-hybridized carbons (Fsp3) is 0.353. The van der Waals surface area contributed by atoms with Gasteiger partial charge in [-0.1, -0.05) is 35.8 Å². The Morgan fingerprint density at radius 2 is 2.14 bits per heavy atom. The fourth-order valence-corrected chi connectivity index (χ4v) is 2.38. The van der Waals surface area contributed by atoms with Gasteiger partial charge in [0.15, 0.2) is 0 Å². The van der Waals surface area contributed by atoms with Gasteiger partial charge in [0.1, 0.15) is 12.4 Å². The number of nitrogens with zero attached hydrogens (tertiary/aromatic N) is 1. The molecule has 2 aromatic rings. The van der Waals surface area contributed by atoms with Crippen LogP contribution in [0, 0.1) is 5.92 Å². The van der Waals surface area contributed by atoms with Crippen molar-refractivity contribution >= 4 is 15.9 Å². The minimum absolute atomic E-state index is 0.534. The maximum atomic E-state index is 5.93. The van der Waals surface area contributed by atoms with Crippen LogP contribution in [0.15, 0.2) is 47.2 Å². The molecule has 0 fully saturated rings. The first-order valence-electron chi connectivity index (χ1n) is 7.16. The molecule has 21 heavy (non-hydrogen) atoms. The van der Waals surface area contributed by atoms with Crippen LogP contribution in [-0.4, -0.2) is 11.5 Å². The molecule has 0 radical (unpaired) electrons. The highest BCUT2D eigenvalue weighted by atomic mass is 79.9. The predicted molar refractivity (Wildman–Crippen MR) is 89.3 cm³/mol. The number of halogens is 1. The molecule has 0 spiro atoms. The van der Waals surface area contributed by atoms with E-state index < -0.39 is 0 Å². The van der Waals surface area contributed by atoms with Gasteiger partial charge in [0.05, 0.1) is 0 Å². The number of ether oxygens (including phenoxy) is 1. The molecule has 1 N–H and O–H groups in total. The van der Waals surface area contributed by atoms with Crippen LogP contribution in [0.4, 0.5) is 0 Å². The van der Waals surface area contributed by atoms with E-state index in [-0.39, 0.29) is 0 Å². The standard InChI is InChI=1S/C17H21BrN2O/c1-13(2)9-20-11-15-8-16(18)5-6-17(15)21-12-14-4-3-7-19-10-14/h3-8,10,13,20H,9,11-12H2,1-2H3. The summed E-state index contributed by atoms with van der Waals surface area (Å²) < 4.78 is 7.00. The van der Waals surface area contributed by atoms with Gasteiger partial charge in [-0.2, -0.15) is 0 Å². The van der Waals surface area contributed by atoms with E-state index in [1.807, 2.05) is 30.5 Å². The number of rotatable bonds is 7. The maximum absolute atomic E-state index is 5.93. The Labute approximate surface area is 134 Å². The Morgan fingerprint density at radius 3 is 2.86 bits per heavy atom. The summed E-state index contributed by atoms with van der Waals surface area (Å²) in [6.45, 7) is 6.74. The molecule has 0 unspecified atom stereocenters. The van der Waals surface area contributed by atoms with Gasteiger partial charge in [-0.3, -0.25) is 4.98 Å². The minimum atomic E-state index is 0.534. The Balaban J connectivity index is 2.00. The molecule has 0 atom stereocenters. The van der Waals surface area contributed by atoms with Crippen LogP contribution in [0.2, 0.25) is 0 Å². The average molecular weight is 349 g/mol. The summed E-state index contributed by atoms with van der Waals surface area (Å²) in [5.74, 6) is 1.55. The van der Waals surface area contributed by atoms with E-state index in [0.29, 0.717) is 12.5 Å². The number of hydrogen-bond acceptors (Lipinski definition) is 3. The normalized spacial score (nSPS) is 10.9. The molecule has 1 heterocycles. The monoisotopic (exact) mass is 348 g/mol. The van der Waals surface area contributed by atoms with Crippen LogP contribution in [0.5, 0.6) is 5.75 Å². The lowest BCUT2D eigenvalue weighted by Gasteiger charge is -2.13. The highest BCUT2D eigenvalue weighted by molar-refractivity contribution is 9.10. The third-order valence-electron chi connectivity index (χ3n) is 3.01. The van der Waals surface area contributed by atoms with Crippen LogP contribution < -0.4 is 10.1 Å². The molecule has 3 nitrogen and oxygen atoms in total. The van der Waals surface area contributed by atoms with Gasteiger partial charge in [0, 0.05) is 34.5 Å². The van der Waals surface area contributed by atoms with Crippen LogP contribution in [0.1, 0.15) is 25.0 Å². The van der Waals surface area contributed by atoms with Crippen molar-refractivity contribution in [2.75, 3.05) is 6.54 Å². The molecule has 1 aromatic carbocycles. The van der Waals surface area contributed by atoms with Gasteiger partial charge in [0.25, 0.3) is 0 Å². The van der Waals surface area contributed by atoms with Crippen LogP contribution in [0.3, 0.4) is 0 Å². The molecule has 1 aromatic heterocycles. The highest BCUT2D eigenvalue weighted by Gasteiger charge is 2.06. The van der Waals surface area contributed by atoms with E-state index in [9.17, 15) is 0 Å². The van der Waals surface area contributed by atoms with Crippen LogP contribution >= 0.6 is 15.9 Å². The Morgan fingerprint density at radius 1 is 1.29 bits per heavy atom. The minimum Gasteiger partial charge on any atom is -0.489 e. The second-order valence-electron chi connectivity index (χ2n) is 5.43. The number of nitrogens with one attached hydrogen (secondary N) is 1. The molecule has 0 amide bonds. The first-order valence-corrected chi connectivity index (χ1v) is 7.95. The van der Waals surface area contributed by atoms with E-state index >= 15 is 0 Å². The zero-order valence-corrected chi connectivity index (χ0v) is 14.1. The number of benzene rings is 1. The van der Waals surface area contributed by atoms with E-state index in [1.165, 1.54) is 0 Å². The molecule has 0 bridgehead atoms. The summed E-state index contributed by atoms with van der Waals surface area (Å²) in [5.41, 5.74) is 2.23. The Kier molecular flexibility index (Phi) is 6.21. The molecule has 112 valence electrons. The maximum Gasteiger partial charge on any atom is 0.124 e. The van der Waals surface area contributed by atoms with Gasteiger partial charge in [-0.15, -0.1) is 0 Å². The predicted octanol–water partition coefficient (Wildman–Crippen LogP) is 4.17. The highest BCUT2D eigenvalue weighted by Crippen LogP contribution is 2.24. The third kappa shape index (κ3) is 5.48. The molecule has 0 aliphatic carbocycles. The van der Waals surface area contributed by atoms with Crippen molar-refractivity contribution in [3.8, 4) is 5.75 Å². The van der Waals surface area contributed by atoms with E-state index in [0.717, 1.165) is 34.4 Å². The summed E-state index contributed by atoms with van der Waals surface area (Å²) in [6.07, 6.45) is 3.60. The Bertz CT molecular complexity index is 558. The second-order valence-corrected chi connectivity index (χ2v) is 6.34. The number of hydrogen-bond donors (Lipinski definition) is 1. The summed E-state index contributed by atoms with van der Waals surface area (Å²) in [7, 11) is 0. The van der Waals surface area contributed by atoms with Gasteiger partial charge in [0.2, 0.25) is 0 Å². The van der Waals surface area contributed by atoms with Crippen molar-refractivity contribution in [2.45, 2.75) is 27.0 Å². The van der Waals surface area contributed by atoms with Crippen molar-refractivity contribution in [1.29, 1.82) is 0 Å². The number of pyridine rings is 1. The molecule has 0 aliphatic heterocycles. The molecule has 0 saturated carbocycles.